The van der Waals surface area contributed by atoms with Crippen molar-refractivity contribution in [1.82, 2.24) is 19.9 Å². The van der Waals surface area contributed by atoms with Gasteiger partial charge >= 0.3 is 0 Å². The first-order valence-electron chi connectivity index (χ1n) is 16.0. The number of rotatable bonds is 12. The van der Waals surface area contributed by atoms with Gasteiger partial charge in [-0.3, -0.25) is 0 Å². The van der Waals surface area contributed by atoms with Crippen LogP contribution in [0.3, 0.4) is 0 Å². The summed E-state index contributed by atoms with van der Waals surface area (Å²) in [4.78, 5) is 19.9. The van der Waals surface area contributed by atoms with E-state index in [0.29, 0.717) is 49.7 Å². The van der Waals surface area contributed by atoms with E-state index in [0.717, 1.165) is 12.4 Å². The maximum atomic E-state index is 14.9. The monoisotopic (exact) mass is 706 g/mol. The number of phenols is 2. The first kappa shape index (κ1) is 35.0. The molecular formula is C33H36F2N10O6. The summed E-state index contributed by atoms with van der Waals surface area (Å²) in [5, 5.41) is 29.4. The highest BCUT2D eigenvalue weighted by Crippen LogP contribution is 2.32. The van der Waals surface area contributed by atoms with Gasteiger partial charge in [0.05, 0.1) is 51.8 Å². The Kier molecular flexibility index (Phi) is 11.1. The van der Waals surface area contributed by atoms with Crippen molar-refractivity contribution < 1.29 is 37.9 Å². The highest BCUT2D eigenvalue weighted by molar-refractivity contribution is 5.85. The number of hydrogen-bond acceptors (Lipinski definition) is 16. The summed E-state index contributed by atoms with van der Waals surface area (Å²) in [6, 6.07) is 9.87. The maximum Gasteiger partial charge on any atom is 0.245 e. The summed E-state index contributed by atoms with van der Waals surface area (Å²) in [6.07, 6.45) is 3.74. The third kappa shape index (κ3) is 8.47. The molecule has 0 bridgehead atoms. The van der Waals surface area contributed by atoms with E-state index < -0.39 is 23.8 Å². The van der Waals surface area contributed by atoms with E-state index in [4.69, 9.17) is 18.9 Å². The average Bonchev–Trinajstić information content (AvgIpc) is 3.15. The predicted molar refractivity (Wildman–Crippen MR) is 184 cm³/mol. The fourth-order valence-corrected chi connectivity index (χ4v) is 5.34. The van der Waals surface area contributed by atoms with Gasteiger partial charge in [-0.15, -0.1) is 0 Å². The number of morpholine rings is 2. The van der Waals surface area contributed by atoms with E-state index in [1.807, 2.05) is 0 Å². The van der Waals surface area contributed by atoms with E-state index in [9.17, 15) is 19.0 Å². The molecular weight excluding hydrogens is 670 g/mol. The Balaban J connectivity index is 1.07. The summed E-state index contributed by atoms with van der Waals surface area (Å²) in [7, 11) is 1.44. The topological polar surface area (TPSA) is 184 Å². The minimum Gasteiger partial charge on any atom is -0.504 e. The standard InChI is InChI=1S/C33H36F2N10O6/c1-20(51-26-8-4-6-22(29(26)47)16-39-42-32-36-17-23(34)30(40-32)44-9-12-49-13-10-44)27-19-45(11-14-50-27)31-24(35)18-37-33(41-31)43-38-15-21-5-3-7-25(48-2)28(21)46/h3-8,15-18,20,27,46-47H,9-14,19H2,1-2H3,(H,36,40,42)(H,37,41,43)/b38-15-,39-16+. The number of para-hydroxylation sites is 2. The molecule has 0 radical (unpaired) electrons. The lowest BCUT2D eigenvalue weighted by Crippen LogP contribution is -2.49. The van der Waals surface area contributed by atoms with Crippen molar-refractivity contribution in [3.8, 4) is 23.0 Å². The van der Waals surface area contributed by atoms with Gasteiger partial charge in [0.15, 0.2) is 46.3 Å². The van der Waals surface area contributed by atoms with Crippen LogP contribution in [0.15, 0.2) is 59.0 Å². The van der Waals surface area contributed by atoms with Gasteiger partial charge in [-0.25, -0.2) is 29.6 Å². The second kappa shape index (κ2) is 16.2. The van der Waals surface area contributed by atoms with Gasteiger partial charge in [0.2, 0.25) is 11.9 Å². The van der Waals surface area contributed by atoms with Crippen LogP contribution in [-0.4, -0.2) is 108 Å². The van der Waals surface area contributed by atoms with Crippen LogP contribution in [0.5, 0.6) is 23.0 Å². The smallest absolute Gasteiger partial charge is 0.245 e. The van der Waals surface area contributed by atoms with Crippen LogP contribution in [0, 0.1) is 11.6 Å². The van der Waals surface area contributed by atoms with Crippen molar-refractivity contribution in [1.29, 1.82) is 0 Å². The second-order valence-corrected chi connectivity index (χ2v) is 11.3. The minimum absolute atomic E-state index is 0.0406. The Bertz CT molecular complexity index is 1880. The molecule has 6 rings (SSSR count). The van der Waals surface area contributed by atoms with E-state index >= 15 is 0 Å². The number of ether oxygens (including phenoxy) is 4. The molecule has 2 aliphatic rings. The van der Waals surface area contributed by atoms with E-state index in [-0.39, 0.29) is 53.9 Å². The average molecular weight is 707 g/mol. The largest absolute Gasteiger partial charge is 0.504 e. The van der Waals surface area contributed by atoms with Gasteiger partial charge < -0.3 is 39.0 Å². The Morgan fingerprint density at radius 2 is 1.39 bits per heavy atom. The van der Waals surface area contributed by atoms with Crippen LogP contribution in [0.1, 0.15) is 18.1 Å². The van der Waals surface area contributed by atoms with Crippen molar-refractivity contribution in [2.75, 3.05) is 73.8 Å². The van der Waals surface area contributed by atoms with E-state index in [2.05, 4.69) is 41.0 Å². The molecule has 0 saturated carbocycles. The van der Waals surface area contributed by atoms with E-state index in [1.165, 1.54) is 19.5 Å². The molecule has 2 fully saturated rings. The van der Waals surface area contributed by atoms with Crippen molar-refractivity contribution in [3.05, 3.63) is 71.6 Å². The van der Waals surface area contributed by atoms with Gasteiger partial charge in [0.1, 0.15) is 12.2 Å². The summed E-state index contributed by atoms with van der Waals surface area (Å²) in [6.45, 7) is 4.58. The number of hydrogen-bond donors (Lipinski definition) is 4. The summed E-state index contributed by atoms with van der Waals surface area (Å²) in [5.41, 5.74) is 6.06. The van der Waals surface area contributed by atoms with Crippen LogP contribution in [0.25, 0.3) is 0 Å². The number of aromatic nitrogens is 4. The quantitative estimate of drug-likeness (QED) is 0.124. The highest BCUT2D eigenvalue weighted by atomic mass is 19.1. The number of anilines is 4. The molecule has 4 heterocycles. The van der Waals surface area contributed by atoms with Gasteiger partial charge in [0, 0.05) is 37.3 Å². The summed E-state index contributed by atoms with van der Waals surface area (Å²) in [5.74, 6) is -0.644. The predicted octanol–water partition coefficient (Wildman–Crippen LogP) is 3.37. The lowest BCUT2D eigenvalue weighted by Gasteiger charge is -2.36. The Hall–Kier alpha value is -5.88. The molecule has 0 aliphatic carbocycles. The van der Waals surface area contributed by atoms with Crippen LogP contribution < -0.4 is 30.1 Å². The third-order valence-corrected chi connectivity index (χ3v) is 8.01. The van der Waals surface area contributed by atoms with Crippen molar-refractivity contribution in [3.63, 3.8) is 0 Å². The Morgan fingerprint density at radius 3 is 2.00 bits per heavy atom. The molecule has 51 heavy (non-hydrogen) atoms. The third-order valence-electron chi connectivity index (χ3n) is 8.01. The summed E-state index contributed by atoms with van der Waals surface area (Å²) >= 11 is 0. The maximum absolute atomic E-state index is 14.9. The molecule has 18 heteroatoms. The highest BCUT2D eigenvalue weighted by Gasteiger charge is 2.30. The molecule has 2 aromatic carbocycles. The first-order valence-corrected chi connectivity index (χ1v) is 16.0. The van der Waals surface area contributed by atoms with Gasteiger partial charge in [-0.2, -0.15) is 20.2 Å². The number of halogens is 2. The molecule has 2 atom stereocenters. The lowest BCUT2D eigenvalue weighted by atomic mass is 10.1. The first-order chi connectivity index (χ1) is 24.8. The van der Waals surface area contributed by atoms with Gasteiger partial charge in [-0.05, 0) is 31.2 Å². The lowest BCUT2D eigenvalue weighted by molar-refractivity contribution is -0.0273. The molecule has 4 aromatic rings. The molecule has 2 saturated heterocycles. The van der Waals surface area contributed by atoms with Crippen molar-refractivity contribution >= 4 is 36.0 Å². The van der Waals surface area contributed by atoms with Crippen molar-refractivity contribution in [2.24, 2.45) is 10.2 Å². The molecule has 16 nitrogen and oxygen atoms in total. The number of hydrazone groups is 2. The Labute approximate surface area is 291 Å². The zero-order chi connectivity index (χ0) is 35.7. The zero-order valence-electron chi connectivity index (χ0n) is 27.7. The molecule has 2 aromatic heterocycles. The number of methoxy groups -OCH3 is 1. The summed E-state index contributed by atoms with van der Waals surface area (Å²) < 4.78 is 51.8. The minimum atomic E-state index is -0.634. The normalized spacial score (nSPS) is 17.1. The van der Waals surface area contributed by atoms with Crippen LogP contribution in [-0.2, 0) is 9.47 Å². The molecule has 268 valence electrons. The van der Waals surface area contributed by atoms with Gasteiger partial charge in [-0.1, -0.05) is 12.1 Å². The number of aromatic hydroxyl groups is 2. The fraction of sp³-hybridized carbons (Fsp3) is 0.333. The number of benzene rings is 2. The number of nitrogens with one attached hydrogen (secondary N) is 2. The van der Waals surface area contributed by atoms with Crippen LogP contribution in [0.2, 0.25) is 0 Å². The van der Waals surface area contributed by atoms with Crippen molar-refractivity contribution in [2.45, 2.75) is 19.1 Å². The van der Waals surface area contributed by atoms with Gasteiger partial charge in [0.25, 0.3) is 0 Å². The molecule has 0 amide bonds. The van der Waals surface area contributed by atoms with E-state index in [1.54, 1.807) is 53.1 Å². The molecule has 2 aliphatic heterocycles. The SMILES string of the molecule is COc1cccc(/C=N\Nc2ncc(F)c(N3CCOC(C(C)Oc4cccc(/C=N/Nc5ncc(F)c(N6CCOCC6)n5)c4O)C3)n2)c1O. The zero-order valence-corrected chi connectivity index (χ0v) is 27.7. The molecule has 4 N–H and O–H groups in total. The Morgan fingerprint density at radius 1 is 0.843 bits per heavy atom. The number of nitrogens with zero attached hydrogens (tertiary/aromatic N) is 8. The van der Waals surface area contributed by atoms with Crippen LogP contribution >= 0.6 is 0 Å². The number of phenolic OH excluding ortho intramolecular Hbond substituents is 2. The fourth-order valence-electron chi connectivity index (χ4n) is 5.34. The molecule has 0 spiro atoms. The molecule has 2 unspecified atom stereocenters. The van der Waals surface area contributed by atoms with Crippen LogP contribution in [0.4, 0.5) is 32.3 Å². The second-order valence-electron chi connectivity index (χ2n) is 11.3.